The van der Waals surface area contributed by atoms with Gasteiger partial charge in [0.05, 0.1) is 0 Å². The van der Waals surface area contributed by atoms with Crippen LogP contribution in [0.25, 0.3) is 10.8 Å². The first-order chi connectivity index (χ1) is 16.1. The number of amides is 2. The van der Waals surface area contributed by atoms with E-state index in [1.807, 2.05) is 47.4 Å². The zero-order valence-electron chi connectivity index (χ0n) is 18.3. The first kappa shape index (κ1) is 21.6. The van der Waals surface area contributed by atoms with Crippen molar-refractivity contribution in [2.45, 2.75) is 37.4 Å². The average Bonchev–Trinajstić information content (AvgIpc) is 3.34. The third-order valence-corrected chi connectivity index (χ3v) is 6.63. The molecular weight excluding hydrogens is 419 g/mol. The predicted molar refractivity (Wildman–Crippen MR) is 125 cm³/mol. The van der Waals surface area contributed by atoms with Gasteiger partial charge in [-0.3, -0.25) is 9.59 Å². The smallest absolute Gasteiger partial charge is 0.251 e. The summed E-state index contributed by atoms with van der Waals surface area (Å²) in [7, 11) is 0. The maximum Gasteiger partial charge on any atom is 0.251 e. The highest BCUT2D eigenvalue weighted by Crippen LogP contribution is 2.24. The molecule has 170 valence electrons. The molecular formula is C26H27FN4O2. The van der Waals surface area contributed by atoms with E-state index in [-0.39, 0.29) is 35.8 Å². The summed E-state index contributed by atoms with van der Waals surface area (Å²) in [4.78, 5) is 27.6. The van der Waals surface area contributed by atoms with Crippen molar-refractivity contribution in [1.82, 2.24) is 21.1 Å². The van der Waals surface area contributed by atoms with Crippen molar-refractivity contribution >= 4 is 22.6 Å². The van der Waals surface area contributed by atoms with E-state index in [9.17, 15) is 14.0 Å². The predicted octanol–water partition coefficient (Wildman–Crippen LogP) is 3.31. The lowest BCUT2D eigenvalue weighted by Crippen LogP contribution is -2.51. The average molecular weight is 447 g/mol. The maximum absolute atomic E-state index is 13.2. The lowest BCUT2D eigenvalue weighted by molar-refractivity contribution is -0.134. The monoisotopic (exact) mass is 446 g/mol. The Labute approximate surface area is 192 Å². The van der Waals surface area contributed by atoms with Crippen molar-refractivity contribution in [3.05, 3.63) is 83.7 Å². The standard InChI is InChI=1S/C26H27FN4O2/c27-21-9-7-18(8-10-21)23-16-24(30-29-23)26(33)31-13-11-22(12-14-31)28-25(32)20-6-5-17-3-1-2-4-19(17)15-20/h1-10,15,22-24,29-30H,11-14,16H2,(H,28,32). The molecule has 0 radical (unpaired) electrons. The number of nitrogens with one attached hydrogen (secondary N) is 3. The molecule has 0 saturated carbocycles. The molecule has 2 amide bonds. The zero-order valence-corrected chi connectivity index (χ0v) is 18.3. The topological polar surface area (TPSA) is 73.5 Å². The van der Waals surface area contributed by atoms with Gasteiger partial charge in [0.25, 0.3) is 5.91 Å². The van der Waals surface area contributed by atoms with Crippen molar-refractivity contribution in [1.29, 1.82) is 0 Å². The summed E-state index contributed by atoms with van der Waals surface area (Å²) in [5, 5.41) is 5.28. The minimum absolute atomic E-state index is 0.0293. The number of halogens is 1. The highest BCUT2D eigenvalue weighted by atomic mass is 19.1. The van der Waals surface area contributed by atoms with Crippen molar-refractivity contribution in [2.75, 3.05) is 13.1 Å². The second-order valence-electron chi connectivity index (χ2n) is 8.82. The van der Waals surface area contributed by atoms with Crippen LogP contribution in [-0.4, -0.2) is 41.9 Å². The number of benzene rings is 3. The van der Waals surface area contributed by atoms with Gasteiger partial charge in [0.1, 0.15) is 11.9 Å². The van der Waals surface area contributed by atoms with Gasteiger partial charge in [0.15, 0.2) is 0 Å². The first-order valence-electron chi connectivity index (χ1n) is 11.4. The fraction of sp³-hybridized carbons (Fsp3) is 0.308. The van der Waals surface area contributed by atoms with Crippen molar-refractivity contribution in [2.24, 2.45) is 0 Å². The number of carbonyl (C=O) groups excluding carboxylic acids is 2. The number of likely N-dealkylation sites (tertiary alicyclic amines) is 1. The minimum atomic E-state index is -0.316. The SMILES string of the molecule is O=C(NC1CCN(C(=O)C2CC(c3ccc(F)cc3)NN2)CC1)c1ccc2ccccc2c1. The van der Waals surface area contributed by atoms with Gasteiger partial charge in [-0.05, 0) is 59.9 Å². The van der Waals surface area contributed by atoms with Gasteiger partial charge in [-0.1, -0.05) is 42.5 Å². The molecule has 3 aromatic carbocycles. The van der Waals surface area contributed by atoms with E-state index in [2.05, 4.69) is 16.2 Å². The first-order valence-corrected chi connectivity index (χ1v) is 11.4. The number of fused-ring (bicyclic) bond motifs is 1. The van der Waals surface area contributed by atoms with Crippen LogP contribution in [0.5, 0.6) is 0 Å². The van der Waals surface area contributed by atoms with E-state index in [0.717, 1.165) is 29.2 Å². The highest BCUT2D eigenvalue weighted by molar-refractivity contribution is 5.98. The Bertz CT molecular complexity index is 1160. The van der Waals surface area contributed by atoms with Crippen LogP contribution < -0.4 is 16.2 Å². The summed E-state index contributed by atoms with van der Waals surface area (Å²) in [6, 6.07) is 19.8. The number of hydrogen-bond acceptors (Lipinski definition) is 4. The Hall–Kier alpha value is -3.29. The van der Waals surface area contributed by atoms with Crippen molar-refractivity contribution in [3.8, 4) is 0 Å². The molecule has 3 N–H and O–H groups in total. The number of rotatable bonds is 4. The zero-order chi connectivity index (χ0) is 22.8. The molecule has 7 heteroatoms. The van der Waals surface area contributed by atoms with E-state index in [0.29, 0.717) is 25.1 Å². The molecule has 3 aromatic rings. The number of piperidine rings is 1. The summed E-state index contributed by atoms with van der Waals surface area (Å²) >= 11 is 0. The van der Waals surface area contributed by atoms with Crippen LogP contribution in [-0.2, 0) is 4.79 Å². The Morgan fingerprint density at radius 1 is 0.909 bits per heavy atom. The molecule has 2 aliphatic heterocycles. The van der Waals surface area contributed by atoms with Crippen molar-refractivity contribution < 1.29 is 14.0 Å². The maximum atomic E-state index is 13.2. The molecule has 0 aromatic heterocycles. The van der Waals surface area contributed by atoms with Gasteiger partial charge in [-0.15, -0.1) is 0 Å². The van der Waals surface area contributed by atoms with E-state index in [4.69, 9.17) is 0 Å². The van der Waals surface area contributed by atoms with E-state index >= 15 is 0 Å². The minimum Gasteiger partial charge on any atom is -0.349 e. The van der Waals surface area contributed by atoms with Crippen LogP contribution in [0.1, 0.15) is 41.2 Å². The Balaban J connectivity index is 1.12. The second-order valence-corrected chi connectivity index (χ2v) is 8.82. The molecule has 2 atom stereocenters. The molecule has 2 heterocycles. The molecule has 2 saturated heterocycles. The second kappa shape index (κ2) is 9.29. The quantitative estimate of drug-likeness (QED) is 0.575. The van der Waals surface area contributed by atoms with Crippen LogP contribution in [0.4, 0.5) is 4.39 Å². The molecule has 2 unspecified atom stereocenters. The van der Waals surface area contributed by atoms with Gasteiger partial charge in [-0.2, -0.15) is 0 Å². The van der Waals surface area contributed by atoms with Crippen LogP contribution in [0.15, 0.2) is 66.7 Å². The third-order valence-electron chi connectivity index (χ3n) is 6.63. The van der Waals surface area contributed by atoms with Gasteiger partial charge in [0, 0.05) is 30.7 Å². The highest BCUT2D eigenvalue weighted by Gasteiger charge is 2.34. The molecule has 0 bridgehead atoms. The summed E-state index contributed by atoms with van der Waals surface area (Å²) in [6.07, 6.45) is 2.07. The molecule has 33 heavy (non-hydrogen) atoms. The van der Waals surface area contributed by atoms with E-state index in [1.165, 1.54) is 12.1 Å². The fourth-order valence-electron chi connectivity index (χ4n) is 4.70. The number of carbonyl (C=O) groups is 2. The number of hydrogen-bond donors (Lipinski definition) is 3. The summed E-state index contributed by atoms with van der Waals surface area (Å²) in [5.74, 6) is -0.284. The number of hydrazine groups is 1. The van der Waals surface area contributed by atoms with Crippen LogP contribution >= 0.6 is 0 Å². The van der Waals surface area contributed by atoms with Crippen LogP contribution in [0.3, 0.4) is 0 Å². The van der Waals surface area contributed by atoms with E-state index < -0.39 is 0 Å². The fourth-order valence-corrected chi connectivity index (χ4v) is 4.70. The molecule has 6 nitrogen and oxygen atoms in total. The largest absolute Gasteiger partial charge is 0.349 e. The summed E-state index contributed by atoms with van der Waals surface area (Å²) < 4.78 is 13.2. The van der Waals surface area contributed by atoms with Gasteiger partial charge < -0.3 is 10.2 Å². The normalized spacial score (nSPS) is 21.3. The summed E-state index contributed by atoms with van der Waals surface area (Å²) in [5.41, 5.74) is 7.85. The van der Waals surface area contributed by atoms with Gasteiger partial charge >= 0.3 is 0 Å². The van der Waals surface area contributed by atoms with E-state index in [1.54, 1.807) is 12.1 Å². The van der Waals surface area contributed by atoms with Crippen molar-refractivity contribution in [3.63, 3.8) is 0 Å². The number of nitrogens with zero attached hydrogens (tertiary/aromatic N) is 1. The van der Waals surface area contributed by atoms with Crippen LogP contribution in [0.2, 0.25) is 0 Å². The molecule has 5 rings (SSSR count). The van der Waals surface area contributed by atoms with Crippen LogP contribution in [0, 0.1) is 5.82 Å². The van der Waals surface area contributed by atoms with Gasteiger partial charge in [0.2, 0.25) is 5.91 Å². The Kier molecular flexibility index (Phi) is 6.07. The lowest BCUT2D eigenvalue weighted by Gasteiger charge is -2.33. The Morgan fingerprint density at radius 3 is 2.39 bits per heavy atom. The molecule has 0 spiro atoms. The summed E-state index contributed by atoms with van der Waals surface area (Å²) in [6.45, 7) is 1.22. The Morgan fingerprint density at radius 2 is 1.64 bits per heavy atom. The molecule has 0 aliphatic carbocycles. The third kappa shape index (κ3) is 4.74. The van der Waals surface area contributed by atoms with Gasteiger partial charge in [-0.25, -0.2) is 15.2 Å². The lowest BCUT2D eigenvalue weighted by atomic mass is 9.99. The molecule has 2 aliphatic rings. The molecule has 2 fully saturated rings.